The average Bonchev–Trinajstić information content (AvgIpc) is 2.68. The first-order valence-electron chi connectivity index (χ1n) is 9.29. The Morgan fingerprint density at radius 3 is 2.93 bits per heavy atom. The van der Waals surface area contributed by atoms with Gasteiger partial charge in [0.25, 0.3) is 5.91 Å². The second kappa shape index (κ2) is 7.83. The summed E-state index contributed by atoms with van der Waals surface area (Å²) in [6.07, 6.45) is 0.939. The zero-order chi connectivity index (χ0) is 19.7. The lowest BCUT2D eigenvalue weighted by Gasteiger charge is -2.34. The fourth-order valence-corrected chi connectivity index (χ4v) is 4.20. The van der Waals surface area contributed by atoms with Gasteiger partial charge in [0.05, 0.1) is 5.69 Å². The molecule has 0 bridgehead atoms. The van der Waals surface area contributed by atoms with Crippen LogP contribution in [0.1, 0.15) is 5.56 Å². The second-order valence-electron chi connectivity index (χ2n) is 7.26. The quantitative estimate of drug-likeness (QED) is 0.788. The molecule has 0 fully saturated rings. The minimum absolute atomic E-state index is 0.00400. The van der Waals surface area contributed by atoms with Crippen molar-refractivity contribution in [3.8, 4) is 5.75 Å². The molecule has 2 aromatic rings. The molecule has 28 heavy (non-hydrogen) atoms. The lowest BCUT2D eigenvalue weighted by Crippen LogP contribution is -2.47. The fourth-order valence-electron chi connectivity index (χ4n) is 3.86. The first kappa shape index (κ1) is 18.8. The number of hydrogen-bond donors (Lipinski definition) is 1. The van der Waals surface area contributed by atoms with Gasteiger partial charge < -0.3 is 15.0 Å². The van der Waals surface area contributed by atoms with Crippen molar-refractivity contribution in [1.29, 1.82) is 0 Å². The highest BCUT2D eigenvalue weighted by molar-refractivity contribution is 9.10. The van der Waals surface area contributed by atoms with E-state index in [4.69, 9.17) is 4.74 Å². The van der Waals surface area contributed by atoms with Crippen molar-refractivity contribution in [2.75, 3.05) is 43.1 Å². The summed E-state index contributed by atoms with van der Waals surface area (Å²) in [5.74, 6) is 0.571. The summed E-state index contributed by atoms with van der Waals surface area (Å²) in [5, 5.41) is 3.00. The van der Waals surface area contributed by atoms with Crippen LogP contribution in [0.15, 0.2) is 46.9 Å². The molecule has 2 heterocycles. The van der Waals surface area contributed by atoms with Gasteiger partial charge >= 0.3 is 0 Å². The van der Waals surface area contributed by atoms with E-state index in [2.05, 4.69) is 45.3 Å². The number of amides is 2. The number of nitrogens with zero attached hydrogens (tertiary/aromatic N) is 2. The van der Waals surface area contributed by atoms with Crippen molar-refractivity contribution in [2.45, 2.75) is 6.42 Å². The van der Waals surface area contributed by atoms with Gasteiger partial charge in [-0.25, -0.2) is 0 Å². The van der Waals surface area contributed by atoms with Crippen LogP contribution in [0.25, 0.3) is 0 Å². The zero-order valence-corrected chi connectivity index (χ0v) is 17.2. The molecule has 6 nitrogen and oxygen atoms in total. The third kappa shape index (κ3) is 3.85. The molecule has 0 saturated carbocycles. The normalized spacial score (nSPS) is 18.2. The summed E-state index contributed by atoms with van der Waals surface area (Å²) in [4.78, 5) is 28.5. The number of hydrogen-bond acceptors (Lipinski definition) is 4. The molecule has 4 rings (SSSR count). The van der Waals surface area contributed by atoms with Gasteiger partial charge in [0.2, 0.25) is 5.91 Å². The molecule has 0 radical (unpaired) electrons. The van der Waals surface area contributed by atoms with Crippen LogP contribution in [0.5, 0.6) is 5.75 Å². The number of carbonyl (C=O) groups is 2. The minimum Gasteiger partial charge on any atom is -0.482 e. The van der Waals surface area contributed by atoms with Crippen LogP contribution >= 0.6 is 15.9 Å². The highest BCUT2D eigenvalue weighted by Gasteiger charge is 2.28. The number of rotatable bonds is 4. The predicted octanol–water partition coefficient (Wildman–Crippen LogP) is 2.60. The number of nitrogens with one attached hydrogen (secondary N) is 1. The molecule has 146 valence electrons. The van der Waals surface area contributed by atoms with E-state index in [0.29, 0.717) is 23.9 Å². The summed E-state index contributed by atoms with van der Waals surface area (Å²) in [6.45, 7) is 1.42. The topological polar surface area (TPSA) is 61.9 Å². The number of para-hydroxylation sites is 1. The molecular weight excluding hydrogens is 422 g/mol. The Hall–Kier alpha value is -2.54. The highest BCUT2D eigenvalue weighted by Crippen LogP contribution is 2.34. The maximum Gasteiger partial charge on any atom is 0.265 e. The van der Waals surface area contributed by atoms with E-state index in [9.17, 15) is 9.59 Å². The Morgan fingerprint density at radius 1 is 1.25 bits per heavy atom. The summed E-state index contributed by atoms with van der Waals surface area (Å²) in [6, 6.07) is 13.8. The summed E-state index contributed by atoms with van der Waals surface area (Å²) < 4.78 is 6.34. The zero-order valence-electron chi connectivity index (χ0n) is 15.7. The largest absolute Gasteiger partial charge is 0.482 e. The van der Waals surface area contributed by atoms with Crippen molar-refractivity contribution in [3.63, 3.8) is 0 Å². The van der Waals surface area contributed by atoms with E-state index in [1.807, 2.05) is 24.3 Å². The van der Waals surface area contributed by atoms with E-state index in [-0.39, 0.29) is 25.0 Å². The minimum atomic E-state index is -0.212. The second-order valence-corrected chi connectivity index (χ2v) is 8.18. The monoisotopic (exact) mass is 443 g/mol. The number of benzene rings is 2. The Labute approximate surface area is 172 Å². The summed E-state index contributed by atoms with van der Waals surface area (Å²) in [5.41, 5.74) is 3.19. The standard InChI is InChI=1S/C21H22BrN3O3/c1-24-11-14(8-15-4-2-3-5-17(15)24)10-23-20(26)12-25-18-7-6-16(22)9-19(18)28-13-21(25)27/h2-7,9,14H,8,10-13H2,1H3,(H,23,26). The van der Waals surface area contributed by atoms with Crippen molar-refractivity contribution >= 4 is 39.1 Å². The van der Waals surface area contributed by atoms with E-state index in [0.717, 1.165) is 17.4 Å². The molecule has 0 spiro atoms. The molecule has 1 unspecified atom stereocenters. The lowest BCUT2D eigenvalue weighted by atomic mass is 9.93. The molecule has 0 aromatic heterocycles. The SMILES string of the molecule is CN1CC(CNC(=O)CN2C(=O)COc3cc(Br)ccc32)Cc2ccccc21. The average molecular weight is 444 g/mol. The predicted molar refractivity (Wildman–Crippen MR) is 112 cm³/mol. The Bertz CT molecular complexity index is 918. The number of fused-ring (bicyclic) bond motifs is 2. The summed E-state index contributed by atoms with van der Waals surface area (Å²) >= 11 is 3.39. The Morgan fingerprint density at radius 2 is 2.07 bits per heavy atom. The molecule has 0 aliphatic carbocycles. The van der Waals surface area contributed by atoms with Crippen molar-refractivity contribution in [1.82, 2.24) is 5.32 Å². The van der Waals surface area contributed by atoms with Crippen LogP contribution in [0.2, 0.25) is 0 Å². The van der Waals surface area contributed by atoms with Crippen LogP contribution < -0.4 is 19.9 Å². The molecule has 2 aliphatic rings. The maximum atomic E-state index is 12.5. The van der Waals surface area contributed by atoms with Crippen LogP contribution in [-0.2, 0) is 16.0 Å². The van der Waals surface area contributed by atoms with Gasteiger partial charge in [-0.1, -0.05) is 34.1 Å². The third-order valence-electron chi connectivity index (χ3n) is 5.20. The smallest absolute Gasteiger partial charge is 0.265 e. The summed E-state index contributed by atoms with van der Waals surface area (Å²) in [7, 11) is 2.08. The van der Waals surface area contributed by atoms with Gasteiger partial charge in [-0.05, 0) is 42.2 Å². The van der Waals surface area contributed by atoms with Gasteiger partial charge in [0, 0.05) is 30.3 Å². The van der Waals surface area contributed by atoms with Crippen LogP contribution in [-0.4, -0.2) is 45.1 Å². The van der Waals surface area contributed by atoms with E-state index < -0.39 is 0 Å². The Kier molecular flexibility index (Phi) is 5.26. The van der Waals surface area contributed by atoms with Crippen molar-refractivity contribution in [3.05, 3.63) is 52.5 Å². The number of anilines is 2. The van der Waals surface area contributed by atoms with Crippen molar-refractivity contribution in [2.24, 2.45) is 5.92 Å². The highest BCUT2D eigenvalue weighted by atomic mass is 79.9. The number of ether oxygens (including phenoxy) is 1. The van der Waals surface area contributed by atoms with E-state index in [1.54, 1.807) is 6.07 Å². The molecule has 1 atom stereocenters. The molecular formula is C21H22BrN3O3. The van der Waals surface area contributed by atoms with Crippen LogP contribution in [0.4, 0.5) is 11.4 Å². The van der Waals surface area contributed by atoms with Crippen LogP contribution in [0, 0.1) is 5.92 Å². The van der Waals surface area contributed by atoms with E-state index in [1.165, 1.54) is 16.2 Å². The molecule has 0 saturated heterocycles. The first-order chi connectivity index (χ1) is 13.5. The van der Waals surface area contributed by atoms with Gasteiger partial charge in [0.15, 0.2) is 6.61 Å². The third-order valence-corrected chi connectivity index (χ3v) is 5.69. The van der Waals surface area contributed by atoms with Crippen LogP contribution in [0.3, 0.4) is 0 Å². The number of halogens is 1. The van der Waals surface area contributed by atoms with Crippen molar-refractivity contribution < 1.29 is 14.3 Å². The molecule has 2 aromatic carbocycles. The van der Waals surface area contributed by atoms with Gasteiger partial charge in [-0.2, -0.15) is 0 Å². The maximum absolute atomic E-state index is 12.5. The first-order valence-corrected chi connectivity index (χ1v) is 10.1. The van der Waals surface area contributed by atoms with E-state index >= 15 is 0 Å². The molecule has 1 N–H and O–H groups in total. The lowest BCUT2D eigenvalue weighted by molar-refractivity contribution is -0.125. The number of carbonyl (C=O) groups excluding carboxylic acids is 2. The Balaban J connectivity index is 1.37. The molecule has 2 amide bonds. The van der Waals surface area contributed by atoms with Gasteiger partial charge in [0.1, 0.15) is 12.3 Å². The molecule has 7 heteroatoms. The fraction of sp³-hybridized carbons (Fsp3) is 0.333. The molecule has 2 aliphatic heterocycles. The van der Waals surface area contributed by atoms with Gasteiger partial charge in [-0.15, -0.1) is 0 Å². The van der Waals surface area contributed by atoms with Gasteiger partial charge in [-0.3, -0.25) is 14.5 Å².